The van der Waals surface area contributed by atoms with Gasteiger partial charge in [0.05, 0.1) is 5.75 Å². The van der Waals surface area contributed by atoms with Gasteiger partial charge in [-0.3, -0.25) is 0 Å². The Balaban J connectivity index is 2.49. The van der Waals surface area contributed by atoms with E-state index in [1.54, 1.807) is 31.4 Å². The molecule has 0 aliphatic rings. The second kappa shape index (κ2) is 7.54. The topological polar surface area (TPSA) is 81.4 Å². The largest absolute Gasteiger partial charge is 0.389 e. The van der Waals surface area contributed by atoms with Crippen molar-refractivity contribution < 1.29 is 13.2 Å². The van der Waals surface area contributed by atoms with E-state index in [0.29, 0.717) is 18.0 Å². The van der Waals surface area contributed by atoms with Crippen LogP contribution in [0.15, 0.2) is 24.3 Å². The molecule has 0 saturated heterocycles. The first-order valence-corrected chi connectivity index (χ1v) is 7.85. The molecule has 0 heterocycles. The van der Waals surface area contributed by atoms with Crippen LogP contribution in [0, 0.1) is 0 Å². The van der Waals surface area contributed by atoms with Gasteiger partial charge < -0.3 is 10.5 Å². The fraction of sp³-hybridized carbons (Fsp3) is 0.417. The highest BCUT2D eigenvalue weighted by atomic mass is 32.2. The molecule has 0 saturated carbocycles. The quantitative estimate of drug-likeness (QED) is 0.548. The van der Waals surface area contributed by atoms with E-state index in [9.17, 15) is 8.42 Å². The number of rotatable bonds is 8. The molecule has 106 valence electrons. The van der Waals surface area contributed by atoms with Gasteiger partial charge in [-0.15, -0.1) is 0 Å². The van der Waals surface area contributed by atoms with Crippen molar-refractivity contribution in [3.05, 3.63) is 35.4 Å². The normalized spacial score (nSPS) is 11.4. The predicted molar refractivity (Wildman–Crippen MR) is 79.4 cm³/mol. The summed E-state index contributed by atoms with van der Waals surface area (Å²) in [4.78, 5) is 0.326. The van der Waals surface area contributed by atoms with Crippen molar-refractivity contribution in [1.82, 2.24) is 4.72 Å². The maximum atomic E-state index is 11.6. The smallest absolute Gasteiger partial charge is 0.211 e. The molecule has 1 rings (SSSR count). The monoisotopic (exact) mass is 302 g/mol. The summed E-state index contributed by atoms with van der Waals surface area (Å²) in [6.45, 7) is 0.691. The van der Waals surface area contributed by atoms with Crippen LogP contribution in [-0.2, 0) is 21.3 Å². The fourth-order valence-corrected chi connectivity index (χ4v) is 2.61. The summed E-state index contributed by atoms with van der Waals surface area (Å²) in [7, 11) is -1.71. The number of thiocarbonyl (C=S) groups is 1. The van der Waals surface area contributed by atoms with Crippen LogP contribution in [-0.4, -0.2) is 32.9 Å². The SMILES string of the molecule is COCCCS(=O)(=O)NCc1ccc(C(N)=S)cc1. The maximum absolute atomic E-state index is 11.6. The van der Waals surface area contributed by atoms with Crippen LogP contribution in [0.25, 0.3) is 0 Å². The summed E-state index contributed by atoms with van der Waals surface area (Å²) < 4.78 is 30.6. The minimum atomic E-state index is -3.26. The van der Waals surface area contributed by atoms with Gasteiger partial charge in [0.2, 0.25) is 10.0 Å². The minimum Gasteiger partial charge on any atom is -0.389 e. The summed E-state index contributed by atoms with van der Waals surface area (Å²) in [5.41, 5.74) is 7.11. The number of nitrogens with two attached hydrogens (primary N) is 1. The number of methoxy groups -OCH3 is 1. The molecule has 0 spiro atoms. The zero-order valence-electron chi connectivity index (χ0n) is 10.8. The van der Waals surface area contributed by atoms with Crippen LogP contribution in [0.4, 0.5) is 0 Å². The Morgan fingerprint density at radius 3 is 2.53 bits per heavy atom. The Morgan fingerprint density at radius 1 is 1.37 bits per heavy atom. The van der Waals surface area contributed by atoms with Crippen LogP contribution in [0.2, 0.25) is 0 Å². The van der Waals surface area contributed by atoms with Crippen LogP contribution < -0.4 is 10.5 Å². The number of hydrogen-bond acceptors (Lipinski definition) is 4. The molecule has 0 fully saturated rings. The molecule has 0 radical (unpaired) electrons. The maximum Gasteiger partial charge on any atom is 0.211 e. The third-order valence-electron chi connectivity index (χ3n) is 2.50. The molecule has 0 bridgehead atoms. The summed E-state index contributed by atoms with van der Waals surface area (Å²) >= 11 is 4.84. The molecule has 1 aromatic carbocycles. The predicted octanol–water partition coefficient (Wildman–Crippen LogP) is 0.777. The average Bonchev–Trinajstić information content (AvgIpc) is 2.37. The summed E-state index contributed by atoms with van der Waals surface area (Å²) in [5, 5.41) is 0. The van der Waals surface area contributed by atoms with E-state index in [1.807, 2.05) is 0 Å². The molecule has 7 heteroatoms. The highest BCUT2D eigenvalue weighted by Gasteiger charge is 2.09. The second-order valence-electron chi connectivity index (χ2n) is 4.05. The number of nitrogens with one attached hydrogen (secondary N) is 1. The van der Waals surface area contributed by atoms with Gasteiger partial charge >= 0.3 is 0 Å². The molecule has 0 aromatic heterocycles. The Kier molecular flexibility index (Phi) is 6.36. The zero-order chi connectivity index (χ0) is 14.3. The lowest BCUT2D eigenvalue weighted by Crippen LogP contribution is -2.26. The summed E-state index contributed by atoms with van der Waals surface area (Å²) in [6.07, 6.45) is 0.478. The number of hydrogen-bond donors (Lipinski definition) is 2. The van der Waals surface area contributed by atoms with Crippen molar-refractivity contribution in [1.29, 1.82) is 0 Å². The Labute approximate surface area is 119 Å². The average molecular weight is 302 g/mol. The Bertz CT molecular complexity index is 512. The molecule has 3 N–H and O–H groups in total. The molecule has 0 aliphatic carbocycles. The van der Waals surface area contributed by atoms with Gasteiger partial charge in [0.15, 0.2) is 0 Å². The van der Waals surface area contributed by atoms with Crippen LogP contribution in [0.3, 0.4) is 0 Å². The molecule has 19 heavy (non-hydrogen) atoms. The Hall–Kier alpha value is -1.02. The van der Waals surface area contributed by atoms with Gasteiger partial charge in [0.25, 0.3) is 0 Å². The summed E-state index contributed by atoms with van der Waals surface area (Å²) in [6, 6.07) is 7.14. The van der Waals surface area contributed by atoms with Gasteiger partial charge in [0.1, 0.15) is 4.99 Å². The zero-order valence-corrected chi connectivity index (χ0v) is 12.4. The number of ether oxygens (including phenoxy) is 1. The lowest BCUT2D eigenvalue weighted by molar-refractivity contribution is 0.199. The van der Waals surface area contributed by atoms with Gasteiger partial charge in [-0.25, -0.2) is 13.1 Å². The highest BCUT2D eigenvalue weighted by Crippen LogP contribution is 2.05. The standard InChI is InChI=1S/C12H18N2O3S2/c1-17-7-2-8-19(15,16)14-9-10-3-5-11(6-4-10)12(13)18/h3-6,14H,2,7-9H2,1H3,(H2,13,18). The first kappa shape index (κ1) is 16.0. The van der Waals surface area contributed by atoms with Crippen molar-refractivity contribution in [3.8, 4) is 0 Å². The summed E-state index contributed by atoms with van der Waals surface area (Å²) in [5.74, 6) is 0.0613. The molecule has 0 unspecified atom stereocenters. The van der Waals surface area contributed by atoms with E-state index in [-0.39, 0.29) is 12.3 Å². The van der Waals surface area contributed by atoms with Crippen LogP contribution in [0.1, 0.15) is 17.5 Å². The third kappa shape index (κ3) is 6.11. The molecule has 0 aliphatic heterocycles. The molecular formula is C12H18N2O3S2. The Morgan fingerprint density at radius 2 is 2.00 bits per heavy atom. The van der Waals surface area contributed by atoms with Crippen molar-refractivity contribution in [2.24, 2.45) is 5.73 Å². The minimum absolute atomic E-state index is 0.0613. The van der Waals surface area contributed by atoms with Crippen molar-refractivity contribution in [2.75, 3.05) is 19.5 Å². The molecule has 5 nitrogen and oxygen atoms in total. The van der Waals surface area contributed by atoms with E-state index in [2.05, 4.69) is 4.72 Å². The second-order valence-corrected chi connectivity index (χ2v) is 6.41. The number of benzene rings is 1. The first-order valence-electron chi connectivity index (χ1n) is 5.79. The molecule has 1 aromatic rings. The fourth-order valence-electron chi connectivity index (χ4n) is 1.45. The lowest BCUT2D eigenvalue weighted by atomic mass is 10.1. The van der Waals surface area contributed by atoms with E-state index < -0.39 is 10.0 Å². The molecule has 0 atom stereocenters. The third-order valence-corrected chi connectivity index (χ3v) is 4.14. The van der Waals surface area contributed by atoms with E-state index >= 15 is 0 Å². The molecule has 0 amide bonds. The molecular weight excluding hydrogens is 284 g/mol. The van der Waals surface area contributed by atoms with Gasteiger partial charge in [0, 0.05) is 25.8 Å². The van der Waals surface area contributed by atoms with Gasteiger partial charge in [-0.1, -0.05) is 36.5 Å². The first-order chi connectivity index (χ1) is 8.94. The van der Waals surface area contributed by atoms with Crippen LogP contribution >= 0.6 is 12.2 Å². The van der Waals surface area contributed by atoms with Crippen molar-refractivity contribution >= 4 is 27.2 Å². The van der Waals surface area contributed by atoms with E-state index in [0.717, 1.165) is 11.1 Å². The number of sulfonamides is 1. The van der Waals surface area contributed by atoms with Gasteiger partial charge in [-0.2, -0.15) is 0 Å². The van der Waals surface area contributed by atoms with Crippen LogP contribution in [0.5, 0.6) is 0 Å². The van der Waals surface area contributed by atoms with E-state index in [4.69, 9.17) is 22.7 Å². The van der Waals surface area contributed by atoms with Crippen molar-refractivity contribution in [3.63, 3.8) is 0 Å². The van der Waals surface area contributed by atoms with E-state index in [1.165, 1.54) is 0 Å². The van der Waals surface area contributed by atoms with Gasteiger partial charge in [-0.05, 0) is 12.0 Å². The lowest BCUT2D eigenvalue weighted by Gasteiger charge is -2.07. The highest BCUT2D eigenvalue weighted by molar-refractivity contribution is 7.89. The van der Waals surface area contributed by atoms with Crippen molar-refractivity contribution in [2.45, 2.75) is 13.0 Å².